The summed E-state index contributed by atoms with van der Waals surface area (Å²) in [7, 11) is 0. The smallest absolute Gasteiger partial charge is 0.266 e. The highest BCUT2D eigenvalue weighted by molar-refractivity contribution is 7.17. The number of rotatable bonds is 3. The van der Waals surface area contributed by atoms with Crippen LogP contribution < -0.4 is 5.32 Å². The monoisotopic (exact) mass is 440 g/mol. The fraction of sp³-hybridized carbons (Fsp3) is 0.316. The van der Waals surface area contributed by atoms with Crippen molar-refractivity contribution in [1.82, 2.24) is 20.2 Å². The SMILES string of the molecule is Cc1ccc(-c2nc(C)c(C(=O)N3CCNCC3c3cccnc3)s2)o1.Cl.Cl. The third-order valence-electron chi connectivity index (χ3n) is 4.52. The van der Waals surface area contributed by atoms with E-state index in [9.17, 15) is 4.79 Å². The number of carbonyl (C=O) groups is 1. The van der Waals surface area contributed by atoms with Crippen LogP contribution >= 0.6 is 36.2 Å². The van der Waals surface area contributed by atoms with Crippen LogP contribution in [0.4, 0.5) is 0 Å². The molecule has 9 heteroatoms. The Morgan fingerprint density at radius 3 is 2.79 bits per heavy atom. The Morgan fingerprint density at radius 2 is 2.11 bits per heavy atom. The van der Waals surface area contributed by atoms with E-state index < -0.39 is 0 Å². The highest BCUT2D eigenvalue weighted by Gasteiger charge is 2.31. The van der Waals surface area contributed by atoms with Crippen LogP contribution in [-0.4, -0.2) is 40.4 Å². The second-order valence-electron chi connectivity index (χ2n) is 6.35. The maximum atomic E-state index is 13.3. The van der Waals surface area contributed by atoms with Crippen LogP contribution in [0.25, 0.3) is 10.8 Å². The summed E-state index contributed by atoms with van der Waals surface area (Å²) in [6.07, 6.45) is 3.57. The van der Waals surface area contributed by atoms with Gasteiger partial charge >= 0.3 is 0 Å². The first-order chi connectivity index (χ1) is 12.6. The van der Waals surface area contributed by atoms with Crippen molar-refractivity contribution in [2.75, 3.05) is 19.6 Å². The van der Waals surface area contributed by atoms with Gasteiger partial charge in [-0.25, -0.2) is 4.98 Å². The Kier molecular flexibility index (Phi) is 7.60. The number of amides is 1. The Balaban J connectivity index is 0.00000140. The summed E-state index contributed by atoms with van der Waals surface area (Å²) in [4.78, 5) is 24.6. The largest absolute Gasteiger partial charge is 0.459 e. The molecule has 0 aromatic carbocycles. The van der Waals surface area contributed by atoms with E-state index in [2.05, 4.69) is 15.3 Å². The first-order valence-electron chi connectivity index (χ1n) is 8.59. The van der Waals surface area contributed by atoms with Crippen molar-refractivity contribution in [3.63, 3.8) is 0 Å². The summed E-state index contributed by atoms with van der Waals surface area (Å²) >= 11 is 1.39. The van der Waals surface area contributed by atoms with E-state index in [1.807, 2.05) is 49.2 Å². The molecule has 6 nitrogen and oxygen atoms in total. The molecule has 4 heterocycles. The zero-order chi connectivity index (χ0) is 18.1. The van der Waals surface area contributed by atoms with Crippen molar-refractivity contribution in [3.8, 4) is 10.8 Å². The van der Waals surface area contributed by atoms with Gasteiger partial charge in [0.25, 0.3) is 5.91 Å². The van der Waals surface area contributed by atoms with Gasteiger partial charge in [0.15, 0.2) is 10.8 Å². The average Bonchev–Trinajstić information content (AvgIpc) is 3.27. The molecule has 1 atom stereocenters. The summed E-state index contributed by atoms with van der Waals surface area (Å²) in [5.74, 6) is 1.56. The molecule has 1 amide bonds. The summed E-state index contributed by atoms with van der Waals surface area (Å²) in [6.45, 7) is 5.94. The lowest BCUT2D eigenvalue weighted by atomic mass is 10.0. The molecule has 0 saturated carbocycles. The molecule has 1 unspecified atom stereocenters. The molecular formula is C19H22Cl2N4O2S. The van der Waals surface area contributed by atoms with Crippen LogP contribution in [0.3, 0.4) is 0 Å². The van der Waals surface area contributed by atoms with Gasteiger partial charge in [-0.2, -0.15) is 0 Å². The van der Waals surface area contributed by atoms with E-state index in [4.69, 9.17) is 4.42 Å². The minimum Gasteiger partial charge on any atom is -0.459 e. The molecule has 4 rings (SSSR count). The minimum absolute atomic E-state index is 0. The molecule has 3 aromatic rings. The van der Waals surface area contributed by atoms with Crippen molar-refractivity contribution in [2.24, 2.45) is 0 Å². The lowest BCUT2D eigenvalue weighted by Gasteiger charge is -2.36. The van der Waals surface area contributed by atoms with Crippen LogP contribution in [0.2, 0.25) is 0 Å². The third-order valence-corrected chi connectivity index (χ3v) is 5.68. The van der Waals surface area contributed by atoms with Crippen molar-refractivity contribution in [1.29, 1.82) is 0 Å². The van der Waals surface area contributed by atoms with E-state index >= 15 is 0 Å². The molecule has 0 spiro atoms. The zero-order valence-corrected chi connectivity index (χ0v) is 18.0. The Hall–Kier alpha value is -1.93. The van der Waals surface area contributed by atoms with Crippen LogP contribution in [0, 0.1) is 13.8 Å². The standard InChI is InChI=1S/C19H20N4O2S.2ClH/c1-12-5-6-16(25-12)18-22-13(2)17(26-18)19(24)23-9-8-21-11-15(23)14-4-3-7-20-10-14;;/h3-7,10,15,21H,8-9,11H2,1-2H3;2*1H. The third kappa shape index (κ3) is 4.38. The molecule has 0 bridgehead atoms. The fourth-order valence-corrected chi connectivity index (χ4v) is 4.18. The number of nitrogens with zero attached hydrogens (tertiary/aromatic N) is 3. The van der Waals surface area contributed by atoms with Crippen LogP contribution in [0.5, 0.6) is 0 Å². The van der Waals surface area contributed by atoms with Crippen LogP contribution in [0.15, 0.2) is 41.1 Å². The number of aryl methyl sites for hydroxylation is 2. The molecule has 3 aromatic heterocycles. The number of carbonyl (C=O) groups excluding carboxylic acids is 1. The molecule has 1 N–H and O–H groups in total. The Morgan fingerprint density at radius 1 is 1.29 bits per heavy atom. The number of thiazole rings is 1. The van der Waals surface area contributed by atoms with Crippen molar-refractivity contribution < 1.29 is 9.21 Å². The first kappa shape index (κ1) is 22.4. The van der Waals surface area contributed by atoms with E-state index in [-0.39, 0.29) is 36.8 Å². The number of nitrogens with one attached hydrogen (secondary N) is 1. The summed E-state index contributed by atoms with van der Waals surface area (Å²) in [6, 6.07) is 7.69. The summed E-state index contributed by atoms with van der Waals surface area (Å²) in [5.41, 5.74) is 1.78. The van der Waals surface area contributed by atoms with Crippen LogP contribution in [-0.2, 0) is 0 Å². The Labute approximate surface area is 180 Å². The maximum absolute atomic E-state index is 13.3. The molecule has 28 heavy (non-hydrogen) atoms. The van der Waals surface area contributed by atoms with Crippen LogP contribution in [0.1, 0.15) is 32.7 Å². The number of hydrogen-bond acceptors (Lipinski definition) is 6. The predicted molar refractivity (Wildman–Crippen MR) is 115 cm³/mol. The zero-order valence-electron chi connectivity index (χ0n) is 15.5. The van der Waals surface area contributed by atoms with E-state index in [1.165, 1.54) is 11.3 Å². The second kappa shape index (κ2) is 9.52. The van der Waals surface area contributed by atoms with E-state index in [0.29, 0.717) is 17.2 Å². The number of hydrogen-bond donors (Lipinski definition) is 1. The highest BCUT2D eigenvalue weighted by atomic mass is 35.5. The van der Waals surface area contributed by atoms with E-state index in [0.717, 1.165) is 35.1 Å². The lowest BCUT2D eigenvalue weighted by Crippen LogP contribution is -2.48. The van der Waals surface area contributed by atoms with Gasteiger partial charge in [0.05, 0.1) is 11.7 Å². The summed E-state index contributed by atoms with van der Waals surface area (Å²) < 4.78 is 5.66. The van der Waals surface area contributed by atoms with Gasteiger partial charge in [-0.1, -0.05) is 6.07 Å². The lowest BCUT2D eigenvalue weighted by molar-refractivity contribution is 0.0638. The van der Waals surface area contributed by atoms with Gasteiger partial charge in [-0.15, -0.1) is 36.2 Å². The van der Waals surface area contributed by atoms with Gasteiger partial charge in [-0.3, -0.25) is 9.78 Å². The maximum Gasteiger partial charge on any atom is 0.266 e. The molecule has 0 aliphatic carbocycles. The minimum atomic E-state index is -0.0271. The Bertz CT molecular complexity index is 929. The number of halogens is 2. The van der Waals surface area contributed by atoms with Crippen molar-refractivity contribution >= 4 is 42.1 Å². The van der Waals surface area contributed by atoms with Gasteiger partial charge < -0.3 is 14.6 Å². The molecule has 150 valence electrons. The number of piperazine rings is 1. The second-order valence-corrected chi connectivity index (χ2v) is 7.35. The van der Waals surface area contributed by atoms with Crippen molar-refractivity contribution in [2.45, 2.75) is 19.9 Å². The topological polar surface area (TPSA) is 71.3 Å². The molecule has 0 radical (unpaired) electrons. The highest BCUT2D eigenvalue weighted by Crippen LogP contribution is 2.32. The van der Waals surface area contributed by atoms with Crippen molar-refractivity contribution in [3.05, 3.63) is 58.6 Å². The summed E-state index contributed by atoms with van der Waals surface area (Å²) in [5, 5.41) is 4.11. The molecule has 1 fully saturated rings. The normalized spacial score (nSPS) is 16.2. The molecule has 1 aliphatic rings. The fourth-order valence-electron chi connectivity index (χ4n) is 3.20. The quantitative estimate of drug-likeness (QED) is 0.664. The number of furan rings is 1. The molecular weight excluding hydrogens is 419 g/mol. The predicted octanol–water partition coefficient (Wildman–Crippen LogP) is 4.05. The van der Waals surface area contributed by atoms with Gasteiger partial charge in [-0.05, 0) is 37.6 Å². The van der Waals surface area contributed by atoms with Gasteiger partial charge in [0.1, 0.15) is 10.6 Å². The average molecular weight is 441 g/mol. The molecule has 1 aliphatic heterocycles. The number of pyridine rings is 1. The van der Waals surface area contributed by atoms with Gasteiger partial charge in [0.2, 0.25) is 0 Å². The first-order valence-corrected chi connectivity index (χ1v) is 9.41. The molecule has 1 saturated heterocycles. The van der Waals surface area contributed by atoms with E-state index in [1.54, 1.807) is 6.20 Å². The number of aromatic nitrogens is 2. The van der Waals surface area contributed by atoms with Gasteiger partial charge in [0, 0.05) is 32.0 Å².